The molecule has 0 amide bonds. The first-order chi connectivity index (χ1) is 3.83. The normalized spacial score (nSPS) is 9.62. The van der Waals surface area contributed by atoms with Gasteiger partial charge in [0.25, 0.3) is 0 Å². The Morgan fingerprint density at radius 3 is 2.62 bits per heavy atom. The summed E-state index contributed by atoms with van der Waals surface area (Å²) in [5.74, 6) is 0. The van der Waals surface area contributed by atoms with Gasteiger partial charge in [-0.2, -0.15) is 0 Å². The first-order valence-electron chi connectivity index (χ1n) is 1.84. The molecule has 1 rings (SSSR count). The minimum absolute atomic E-state index is 0.496. The van der Waals surface area contributed by atoms with Crippen LogP contribution in [0.3, 0.4) is 0 Å². The van der Waals surface area contributed by atoms with E-state index in [4.69, 9.17) is 5.73 Å². The first kappa shape index (κ1) is 5.84. The summed E-state index contributed by atoms with van der Waals surface area (Å²) in [5.41, 5.74) is 5.26. The second kappa shape index (κ2) is 2.32. The Morgan fingerprint density at radius 1 is 1.62 bits per heavy atom. The van der Waals surface area contributed by atoms with Crippen molar-refractivity contribution in [2.45, 2.75) is 4.34 Å². The number of rotatable bonds is 1. The second-order valence-electron chi connectivity index (χ2n) is 1.05. The zero-order valence-electron chi connectivity index (χ0n) is 4.00. The van der Waals surface area contributed by atoms with E-state index in [1.54, 1.807) is 0 Å². The molecule has 0 unspecified atom stereocenters. The Kier molecular flexibility index (Phi) is 1.69. The molecule has 0 aliphatic carbocycles. The molecule has 1 aromatic rings. The monoisotopic (exact) mass is 146 g/mol. The van der Waals surface area contributed by atoms with Crippen LogP contribution in [0.25, 0.3) is 0 Å². The predicted octanol–water partition coefficient (Wildman–Crippen LogP) is 1.00. The molecule has 0 fully saturated rings. The quantitative estimate of drug-likeness (QED) is 0.601. The Morgan fingerprint density at radius 2 is 2.38 bits per heavy atom. The van der Waals surface area contributed by atoms with Crippen LogP contribution in [0, 0.1) is 6.26 Å². The van der Waals surface area contributed by atoms with Gasteiger partial charge in [0.15, 0.2) is 4.34 Å². The largest absolute Gasteiger partial charge is 0.374 e. The Balaban J connectivity index is 2.84. The molecule has 8 heavy (non-hydrogen) atoms. The lowest BCUT2D eigenvalue weighted by atomic mass is 11.3. The van der Waals surface area contributed by atoms with E-state index >= 15 is 0 Å². The zero-order valence-corrected chi connectivity index (χ0v) is 5.63. The molecular formula is C3H4N3S2. The lowest BCUT2D eigenvalue weighted by molar-refractivity contribution is 1.02. The van der Waals surface area contributed by atoms with E-state index in [0.29, 0.717) is 5.13 Å². The van der Waals surface area contributed by atoms with Crippen LogP contribution in [0.15, 0.2) is 4.34 Å². The van der Waals surface area contributed by atoms with Crippen LogP contribution < -0.4 is 5.73 Å². The van der Waals surface area contributed by atoms with Crippen molar-refractivity contribution in [1.29, 1.82) is 0 Å². The van der Waals surface area contributed by atoms with Gasteiger partial charge in [0.05, 0.1) is 0 Å². The number of hydrogen-bond acceptors (Lipinski definition) is 5. The maximum atomic E-state index is 5.26. The molecule has 1 radical (unpaired) electrons. The first-order valence-corrected chi connectivity index (χ1v) is 3.64. The van der Waals surface area contributed by atoms with Gasteiger partial charge in [-0.3, -0.25) is 0 Å². The standard InChI is InChI=1S/C3H4N3S2/c1-7-3-6-5-2(4)8-3/h1H2,(H2,4,5). The summed E-state index contributed by atoms with van der Waals surface area (Å²) in [6.45, 7) is 0. The summed E-state index contributed by atoms with van der Waals surface area (Å²) in [6.07, 6.45) is 3.54. The molecule has 5 heteroatoms. The third kappa shape index (κ3) is 1.10. The highest BCUT2D eigenvalue weighted by Crippen LogP contribution is 2.21. The number of nitrogens with zero attached hydrogens (tertiary/aromatic N) is 2. The van der Waals surface area contributed by atoms with E-state index in [1.165, 1.54) is 23.1 Å². The molecule has 0 aliphatic heterocycles. The van der Waals surface area contributed by atoms with Crippen LogP contribution in [0.1, 0.15) is 0 Å². The molecule has 1 aromatic heterocycles. The van der Waals surface area contributed by atoms with E-state index < -0.39 is 0 Å². The fourth-order valence-electron chi connectivity index (χ4n) is 0.279. The number of aromatic nitrogens is 2. The zero-order chi connectivity index (χ0) is 5.98. The summed E-state index contributed by atoms with van der Waals surface area (Å²) < 4.78 is 0.808. The third-order valence-electron chi connectivity index (χ3n) is 0.546. The highest BCUT2D eigenvalue weighted by atomic mass is 32.2. The van der Waals surface area contributed by atoms with Gasteiger partial charge in [0.1, 0.15) is 0 Å². The van der Waals surface area contributed by atoms with Crippen molar-refractivity contribution in [1.82, 2.24) is 10.2 Å². The molecule has 0 saturated heterocycles. The van der Waals surface area contributed by atoms with Gasteiger partial charge in [0, 0.05) is 6.26 Å². The lowest BCUT2D eigenvalue weighted by Crippen LogP contribution is -1.79. The molecule has 3 nitrogen and oxygen atoms in total. The summed E-state index contributed by atoms with van der Waals surface area (Å²) in [6, 6.07) is 0. The number of thioether (sulfide) groups is 1. The fraction of sp³-hybridized carbons (Fsp3) is 0. The van der Waals surface area contributed by atoms with E-state index in [0.717, 1.165) is 4.34 Å². The Hall–Kier alpha value is -0.290. The van der Waals surface area contributed by atoms with E-state index in [9.17, 15) is 0 Å². The molecule has 0 aromatic carbocycles. The van der Waals surface area contributed by atoms with E-state index in [2.05, 4.69) is 16.5 Å². The SMILES string of the molecule is [CH2]Sc1nnc(N)s1. The van der Waals surface area contributed by atoms with Gasteiger partial charge < -0.3 is 5.73 Å². The Bertz CT molecular complexity index is 173. The van der Waals surface area contributed by atoms with Gasteiger partial charge >= 0.3 is 0 Å². The summed E-state index contributed by atoms with van der Waals surface area (Å²) in [4.78, 5) is 0. The average Bonchev–Trinajstić information content (AvgIpc) is 2.14. The fourth-order valence-corrected chi connectivity index (χ4v) is 1.21. The predicted molar refractivity (Wildman–Crippen MR) is 35.5 cm³/mol. The number of anilines is 1. The van der Waals surface area contributed by atoms with Crippen LogP contribution in [-0.4, -0.2) is 10.2 Å². The average molecular weight is 146 g/mol. The van der Waals surface area contributed by atoms with Crippen molar-refractivity contribution < 1.29 is 0 Å². The molecule has 43 valence electrons. The van der Waals surface area contributed by atoms with Crippen LogP contribution in [0.4, 0.5) is 5.13 Å². The number of nitrogen functional groups attached to an aromatic ring is 1. The molecule has 2 N–H and O–H groups in total. The minimum Gasteiger partial charge on any atom is -0.374 e. The molecule has 0 bridgehead atoms. The van der Waals surface area contributed by atoms with Crippen molar-refractivity contribution >= 4 is 28.2 Å². The van der Waals surface area contributed by atoms with Crippen molar-refractivity contribution in [2.75, 3.05) is 5.73 Å². The molecule has 0 spiro atoms. The summed E-state index contributed by atoms with van der Waals surface area (Å²) in [7, 11) is 0. The topological polar surface area (TPSA) is 51.8 Å². The van der Waals surface area contributed by atoms with Crippen LogP contribution >= 0.6 is 23.1 Å². The van der Waals surface area contributed by atoms with Gasteiger partial charge in [-0.15, -0.1) is 10.2 Å². The summed E-state index contributed by atoms with van der Waals surface area (Å²) in [5, 5.41) is 7.75. The maximum absolute atomic E-state index is 5.26. The molecule has 0 aliphatic rings. The second-order valence-corrected chi connectivity index (χ2v) is 2.99. The minimum atomic E-state index is 0.496. The lowest BCUT2D eigenvalue weighted by Gasteiger charge is -1.75. The van der Waals surface area contributed by atoms with Gasteiger partial charge in [-0.1, -0.05) is 23.1 Å². The Labute approximate surface area is 55.3 Å². The van der Waals surface area contributed by atoms with Crippen LogP contribution in [0.2, 0.25) is 0 Å². The number of nitrogens with two attached hydrogens (primary N) is 1. The van der Waals surface area contributed by atoms with Gasteiger partial charge in [0.2, 0.25) is 5.13 Å². The number of hydrogen-bond donors (Lipinski definition) is 1. The molecule has 0 saturated carbocycles. The van der Waals surface area contributed by atoms with Crippen molar-refractivity contribution in [3.8, 4) is 0 Å². The van der Waals surface area contributed by atoms with Crippen LogP contribution in [0.5, 0.6) is 0 Å². The maximum Gasteiger partial charge on any atom is 0.203 e. The smallest absolute Gasteiger partial charge is 0.203 e. The van der Waals surface area contributed by atoms with E-state index in [-0.39, 0.29) is 0 Å². The van der Waals surface area contributed by atoms with Crippen molar-refractivity contribution in [3.05, 3.63) is 6.26 Å². The third-order valence-corrected chi connectivity index (χ3v) is 2.02. The van der Waals surface area contributed by atoms with Gasteiger partial charge in [-0.25, -0.2) is 0 Å². The van der Waals surface area contributed by atoms with Gasteiger partial charge in [-0.05, 0) is 0 Å². The van der Waals surface area contributed by atoms with Crippen molar-refractivity contribution in [3.63, 3.8) is 0 Å². The molecular weight excluding hydrogens is 142 g/mol. The highest BCUT2D eigenvalue weighted by Gasteiger charge is 1.95. The van der Waals surface area contributed by atoms with Crippen molar-refractivity contribution in [2.24, 2.45) is 0 Å². The molecule has 0 atom stereocenters. The highest BCUT2D eigenvalue weighted by molar-refractivity contribution is 8.02. The van der Waals surface area contributed by atoms with E-state index in [1.807, 2.05) is 0 Å². The summed E-state index contributed by atoms with van der Waals surface area (Å²) >= 11 is 2.65. The van der Waals surface area contributed by atoms with Crippen LogP contribution in [-0.2, 0) is 0 Å². The molecule has 1 heterocycles.